The van der Waals surface area contributed by atoms with Gasteiger partial charge in [0.05, 0.1) is 6.61 Å². The second-order valence-corrected chi connectivity index (χ2v) is 8.62. The lowest BCUT2D eigenvalue weighted by molar-refractivity contribution is -0.120. The van der Waals surface area contributed by atoms with E-state index in [0.29, 0.717) is 30.9 Å². The van der Waals surface area contributed by atoms with Crippen LogP contribution in [0.3, 0.4) is 0 Å². The fraction of sp³-hybridized carbons (Fsp3) is 0.321. The summed E-state index contributed by atoms with van der Waals surface area (Å²) in [6.07, 6.45) is 4.07. The molecular weight excluding hydrogens is 440 g/mol. The molecule has 182 valence electrons. The van der Waals surface area contributed by atoms with E-state index in [9.17, 15) is 9.59 Å². The van der Waals surface area contributed by atoms with Crippen molar-refractivity contribution in [3.05, 3.63) is 78.0 Å². The predicted molar refractivity (Wildman–Crippen MR) is 139 cm³/mol. The quantitative estimate of drug-likeness (QED) is 0.474. The van der Waals surface area contributed by atoms with E-state index in [2.05, 4.69) is 33.5 Å². The van der Waals surface area contributed by atoms with Gasteiger partial charge in [0.25, 0.3) is 5.91 Å². The third kappa shape index (κ3) is 6.38. The van der Waals surface area contributed by atoms with Gasteiger partial charge in [0.2, 0.25) is 5.91 Å². The fourth-order valence-corrected chi connectivity index (χ4v) is 4.22. The van der Waals surface area contributed by atoms with Crippen molar-refractivity contribution in [1.29, 1.82) is 0 Å². The average molecular weight is 473 g/mol. The van der Waals surface area contributed by atoms with Crippen LogP contribution in [0.1, 0.15) is 42.6 Å². The number of piperidine rings is 1. The van der Waals surface area contributed by atoms with E-state index in [1.54, 1.807) is 18.3 Å². The van der Waals surface area contributed by atoms with Crippen LogP contribution in [0, 0.1) is 5.92 Å². The van der Waals surface area contributed by atoms with E-state index in [4.69, 9.17) is 4.74 Å². The number of anilines is 3. The van der Waals surface area contributed by atoms with Crippen LogP contribution in [-0.4, -0.2) is 36.5 Å². The van der Waals surface area contributed by atoms with E-state index in [-0.39, 0.29) is 17.7 Å². The molecule has 35 heavy (non-hydrogen) atoms. The second kappa shape index (κ2) is 11.5. The minimum atomic E-state index is -0.193. The molecule has 0 atom stereocenters. The first-order valence-electron chi connectivity index (χ1n) is 12.2. The molecule has 7 nitrogen and oxygen atoms in total. The lowest BCUT2D eigenvalue weighted by atomic mass is 9.95. The molecule has 0 saturated carbocycles. The molecule has 4 rings (SSSR count). The van der Waals surface area contributed by atoms with Crippen molar-refractivity contribution in [3.8, 4) is 5.75 Å². The smallest absolute Gasteiger partial charge is 0.255 e. The number of carbonyl (C=O) groups is 2. The summed E-state index contributed by atoms with van der Waals surface area (Å²) in [5, 5.41) is 5.98. The molecule has 1 aliphatic rings. The van der Waals surface area contributed by atoms with Gasteiger partial charge >= 0.3 is 0 Å². The number of nitrogens with one attached hydrogen (secondary N) is 2. The third-order valence-electron chi connectivity index (χ3n) is 6.22. The highest BCUT2D eigenvalue weighted by atomic mass is 16.5. The Labute approximate surface area is 206 Å². The molecule has 1 fully saturated rings. The number of pyridine rings is 1. The maximum atomic E-state index is 12.8. The maximum Gasteiger partial charge on any atom is 0.255 e. The van der Waals surface area contributed by atoms with Gasteiger partial charge in [-0.3, -0.25) is 9.59 Å². The number of ether oxygens (including phenoxy) is 1. The molecule has 0 spiro atoms. The molecule has 0 aliphatic carbocycles. The number of benzene rings is 2. The summed E-state index contributed by atoms with van der Waals surface area (Å²) in [6, 6.07) is 18.8. The Bertz CT molecular complexity index is 1150. The van der Waals surface area contributed by atoms with E-state index in [1.807, 2.05) is 49.4 Å². The van der Waals surface area contributed by atoms with Crippen LogP contribution >= 0.6 is 0 Å². The molecule has 1 saturated heterocycles. The zero-order chi connectivity index (χ0) is 24.6. The van der Waals surface area contributed by atoms with Crippen LogP contribution in [0.2, 0.25) is 0 Å². The molecule has 2 N–H and O–H groups in total. The number of hydrogen-bond donors (Lipinski definition) is 2. The standard InChI is InChI=1S/C28H32N4O3/c1-3-20-6-5-7-24(18-20)31-27(33)21-13-16-32(17-14-21)26-19-22(12-15-29-26)28(34)30-23-8-10-25(11-9-23)35-4-2/h5-12,15,18-19,21H,3-4,13-14,16-17H2,1-2H3,(H,30,34)(H,31,33). The summed E-state index contributed by atoms with van der Waals surface area (Å²) >= 11 is 0. The molecule has 1 aromatic heterocycles. The first-order valence-corrected chi connectivity index (χ1v) is 12.2. The number of nitrogens with zero attached hydrogens (tertiary/aromatic N) is 2. The number of hydrogen-bond acceptors (Lipinski definition) is 5. The molecule has 2 heterocycles. The van der Waals surface area contributed by atoms with Gasteiger partial charge in [-0.15, -0.1) is 0 Å². The molecule has 2 aromatic carbocycles. The van der Waals surface area contributed by atoms with Crippen molar-refractivity contribution < 1.29 is 14.3 Å². The Morgan fingerprint density at radius 2 is 1.74 bits per heavy atom. The van der Waals surface area contributed by atoms with Gasteiger partial charge in [-0.2, -0.15) is 0 Å². The molecule has 1 aliphatic heterocycles. The van der Waals surface area contributed by atoms with Crippen molar-refractivity contribution in [2.45, 2.75) is 33.1 Å². The highest BCUT2D eigenvalue weighted by molar-refractivity contribution is 6.04. The molecule has 0 radical (unpaired) electrons. The van der Waals surface area contributed by atoms with Gasteiger partial charge in [0.15, 0.2) is 0 Å². The Kier molecular flexibility index (Phi) is 7.98. The highest BCUT2D eigenvalue weighted by Gasteiger charge is 2.26. The average Bonchev–Trinajstić information content (AvgIpc) is 2.90. The fourth-order valence-electron chi connectivity index (χ4n) is 4.22. The molecule has 7 heteroatoms. The summed E-state index contributed by atoms with van der Waals surface area (Å²) in [4.78, 5) is 32.2. The lowest BCUT2D eigenvalue weighted by Crippen LogP contribution is -2.38. The van der Waals surface area contributed by atoms with Crippen molar-refractivity contribution in [1.82, 2.24) is 4.98 Å². The summed E-state index contributed by atoms with van der Waals surface area (Å²) in [5.74, 6) is 1.35. The topological polar surface area (TPSA) is 83.6 Å². The Hall–Kier alpha value is -3.87. The first-order chi connectivity index (χ1) is 17.1. The van der Waals surface area contributed by atoms with Gasteiger partial charge in [-0.05, 0) is 80.3 Å². The zero-order valence-electron chi connectivity index (χ0n) is 20.3. The molecular formula is C28H32N4O3. The Morgan fingerprint density at radius 3 is 2.46 bits per heavy atom. The van der Waals surface area contributed by atoms with Crippen molar-refractivity contribution in [2.75, 3.05) is 35.2 Å². The lowest BCUT2D eigenvalue weighted by Gasteiger charge is -2.32. The Balaban J connectivity index is 1.32. The normalized spacial score (nSPS) is 13.8. The molecule has 0 bridgehead atoms. The molecule has 0 unspecified atom stereocenters. The van der Waals surface area contributed by atoms with Crippen LogP contribution < -0.4 is 20.3 Å². The van der Waals surface area contributed by atoms with E-state index in [1.165, 1.54) is 5.56 Å². The van der Waals surface area contributed by atoms with E-state index < -0.39 is 0 Å². The third-order valence-corrected chi connectivity index (χ3v) is 6.22. The SMILES string of the molecule is CCOc1ccc(NC(=O)c2ccnc(N3CCC(C(=O)Nc4cccc(CC)c4)CC3)c2)cc1. The number of rotatable bonds is 8. The monoisotopic (exact) mass is 472 g/mol. The zero-order valence-corrected chi connectivity index (χ0v) is 20.3. The molecule has 2 amide bonds. The largest absolute Gasteiger partial charge is 0.494 e. The summed E-state index contributed by atoms with van der Waals surface area (Å²) in [5.41, 5.74) is 3.30. The minimum absolute atomic E-state index is 0.0392. The van der Waals surface area contributed by atoms with Gasteiger partial charge in [-0.25, -0.2) is 4.98 Å². The predicted octanol–water partition coefficient (Wildman–Crippen LogP) is 5.15. The van der Waals surface area contributed by atoms with Crippen LogP contribution in [0.15, 0.2) is 66.9 Å². The Morgan fingerprint density at radius 1 is 0.971 bits per heavy atom. The van der Waals surface area contributed by atoms with Crippen molar-refractivity contribution in [3.63, 3.8) is 0 Å². The van der Waals surface area contributed by atoms with E-state index >= 15 is 0 Å². The van der Waals surface area contributed by atoms with Gasteiger partial charge in [0, 0.05) is 42.1 Å². The maximum absolute atomic E-state index is 12.8. The number of aryl methyl sites for hydroxylation is 1. The second-order valence-electron chi connectivity index (χ2n) is 8.62. The summed E-state index contributed by atoms with van der Waals surface area (Å²) < 4.78 is 5.44. The minimum Gasteiger partial charge on any atom is -0.494 e. The van der Waals surface area contributed by atoms with Crippen molar-refractivity contribution in [2.24, 2.45) is 5.92 Å². The van der Waals surface area contributed by atoms with E-state index in [0.717, 1.165) is 36.5 Å². The van der Waals surface area contributed by atoms with Gasteiger partial charge < -0.3 is 20.3 Å². The van der Waals surface area contributed by atoms with Gasteiger partial charge in [-0.1, -0.05) is 19.1 Å². The van der Waals surface area contributed by atoms with Crippen molar-refractivity contribution >= 4 is 29.0 Å². The molecule has 3 aromatic rings. The first kappa shape index (κ1) is 24.3. The number of carbonyl (C=O) groups excluding carboxylic acids is 2. The summed E-state index contributed by atoms with van der Waals surface area (Å²) in [6.45, 7) is 6.05. The van der Waals surface area contributed by atoms with Crippen LogP contribution in [0.25, 0.3) is 0 Å². The van der Waals surface area contributed by atoms with Gasteiger partial charge in [0.1, 0.15) is 11.6 Å². The number of amides is 2. The highest BCUT2D eigenvalue weighted by Crippen LogP contribution is 2.24. The van der Waals surface area contributed by atoms with Crippen LogP contribution in [0.5, 0.6) is 5.75 Å². The number of aromatic nitrogens is 1. The van der Waals surface area contributed by atoms with Crippen LogP contribution in [-0.2, 0) is 11.2 Å². The van der Waals surface area contributed by atoms with Crippen LogP contribution in [0.4, 0.5) is 17.2 Å². The summed E-state index contributed by atoms with van der Waals surface area (Å²) in [7, 11) is 0.